The average molecular weight is 420 g/mol. The SMILES string of the molecule is CC1(C)CN(CC(=O)Nc2ccnn2Cc2cccs2)CCC1N.Cl.Cl. The molecule has 2 aromatic rings. The van der Waals surface area contributed by atoms with E-state index >= 15 is 0 Å². The molecule has 146 valence electrons. The fourth-order valence-corrected chi connectivity index (χ4v) is 3.81. The maximum Gasteiger partial charge on any atom is 0.239 e. The Morgan fingerprint density at radius 1 is 1.42 bits per heavy atom. The summed E-state index contributed by atoms with van der Waals surface area (Å²) in [5, 5.41) is 9.33. The van der Waals surface area contributed by atoms with Crippen LogP contribution >= 0.6 is 36.2 Å². The molecule has 3 rings (SSSR count). The molecule has 1 fully saturated rings. The molecule has 1 saturated heterocycles. The molecule has 1 unspecified atom stereocenters. The van der Waals surface area contributed by atoms with Crippen molar-refractivity contribution in [1.29, 1.82) is 0 Å². The Labute approximate surface area is 170 Å². The summed E-state index contributed by atoms with van der Waals surface area (Å²) in [7, 11) is 0. The molecule has 0 saturated carbocycles. The van der Waals surface area contributed by atoms with Gasteiger partial charge in [0.2, 0.25) is 5.91 Å². The van der Waals surface area contributed by atoms with Gasteiger partial charge in [0.25, 0.3) is 0 Å². The normalized spacial score (nSPS) is 19.3. The lowest BCUT2D eigenvalue weighted by Crippen LogP contribution is -2.53. The van der Waals surface area contributed by atoms with Crippen LogP contribution in [0.1, 0.15) is 25.1 Å². The second kappa shape index (κ2) is 9.71. The smallest absolute Gasteiger partial charge is 0.239 e. The van der Waals surface area contributed by atoms with Gasteiger partial charge >= 0.3 is 0 Å². The lowest BCUT2D eigenvalue weighted by Gasteiger charge is -2.42. The van der Waals surface area contributed by atoms with Crippen LogP contribution in [0.25, 0.3) is 0 Å². The minimum atomic E-state index is -0.00537. The molecule has 1 aliphatic rings. The molecular formula is C17H27Cl2N5OS. The molecule has 2 aromatic heterocycles. The number of thiophene rings is 1. The van der Waals surface area contributed by atoms with Crippen molar-refractivity contribution < 1.29 is 4.79 Å². The number of likely N-dealkylation sites (tertiary alicyclic amines) is 1. The molecule has 3 heterocycles. The fourth-order valence-electron chi connectivity index (χ4n) is 3.12. The lowest BCUT2D eigenvalue weighted by atomic mass is 9.80. The van der Waals surface area contributed by atoms with E-state index in [4.69, 9.17) is 5.73 Å². The monoisotopic (exact) mass is 419 g/mol. The van der Waals surface area contributed by atoms with Gasteiger partial charge in [-0.2, -0.15) is 5.10 Å². The average Bonchev–Trinajstić information content (AvgIpc) is 3.16. The number of rotatable bonds is 5. The quantitative estimate of drug-likeness (QED) is 0.780. The molecule has 0 radical (unpaired) electrons. The van der Waals surface area contributed by atoms with Gasteiger partial charge in [-0.1, -0.05) is 19.9 Å². The first-order valence-electron chi connectivity index (χ1n) is 8.26. The zero-order valence-electron chi connectivity index (χ0n) is 15.1. The highest BCUT2D eigenvalue weighted by Gasteiger charge is 2.33. The van der Waals surface area contributed by atoms with Crippen molar-refractivity contribution in [1.82, 2.24) is 14.7 Å². The summed E-state index contributed by atoms with van der Waals surface area (Å²) >= 11 is 1.68. The van der Waals surface area contributed by atoms with Crippen LogP contribution in [0.2, 0.25) is 0 Å². The van der Waals surface area contributed by atoms with Crippen molar-refractivity contribution in [3.8, 4) is 0 Å². The van der Waals surface area contributed by atoms with Crippen molar-refractivity contribution in [3.63, 3.8) is 0 Å². The van der Waals surface area contributed by atoms with Gasteiger partial charge in [-0.05, 0) is 23.3 Å². The summed E-state index contributed by atoms with van der Waals surface area (Å²) in [4.78, 5) is 15.8. The van der Waals surface area contributed by atoms with Gasteiger partial charge in [0, 0.05) is 30.1 Å². The Kier molecular flexibility index (Phi) is 8.56. The van der Waals surface area contributed by atoms with E-state index in [0.717, 1.165) is 25.3 Å². The number of halogens is 2. The van der Waals surface area contributed by atoms with E-state index in [1.807, 2.05) is 22.2 Å². The van der Waals surface area contributed by atoms with Gasteiger partial charge in [-0.3, -0.25) is 9.69 Å². The fraction of sp³-hybridized carbons (Fsp3) is 0.529. The van der Waals surface area contributed by atoms with Crippen LogP contribution in [0.5, 0.6) is 0 Å². The summed E-state index contributed by atoms with van der Waals surface area (Å²) in [6.07, 6.45) is 2.64. The predicted molar refractivity (Wildman–Crippen MR) is 112 cm³/mol. The van der Waals surface area contributed by atoms with E-state index < -0.39 is 0 Å². The zero-order chi connectivity index (χ0) is 17.2. The number of amides is 1. The summed E-state index contributed by atoms with van der Waals surface area (Å²) < 4.78 is 1.82. The van der Waals surface area contributed by atoms with Crippen LogP contribution in [0.15, 0.2) is 29.8 Å². The summed E-state index contributed by atoms with van der Waals surface area (Å²) in [6, 6.07) is 6.12. The van der Waals surface area contributed by atoms with Gasteiger partial charge in [0.1, 0.15) is 5.82 Å². The van der Waals surface area contributed by atoms with Gasteiger partial charge in [0.05, 0.1) is 19.3 Å². The van der Waals surface area contributed by atoms with Gasteiger partial charge in [-0.25, -0.2) is 4.68 Å². The minimum absolute atomic E-state index is 0. The highest BCUT2D eigenvalue weighted by Crippen LogP contribution is 2.27. The van der Waals surface area contributed by atoms with Crippen LogP contribution < -0.4 is 11.1 Å². The zero-order valence-corrected chi connectivity index (χ0v) is 17.5. The third-order valence-electron chi connectivity index (χ3n) is 4.63. The Morgan fingerprint density at radius 3 is 2.85 bits per heavy atom. The van der Waals surface area contributed by atoms with E-state index in [0.29, 0.717) is 13.1 Å². The number of hydrogen-bond donors (Lipinski definition) is 2. The summed E-state index contributed by atoms with van der Waals surface area (Å²) in [6.45, 7) is 7.10. The molecule has 26 heavy (non-hydrogen) atoms. The molecule has 1 aliphatic heterocycles. The Balaban J connectivity index is 0.00000169. The number of carbonyl (C=O) groups excluding carboxylic acids is 1. The van der Waals surface area contributed by atoms with E-state index in [-0.39, 0.29) is 42.2 Å². The first kappa shape index (κ1) is 22.9. The van der Waals surface area contributed by atoms with Crippen LogP contribution in [-0.4, -0.2) is 46.3 Å². The molecule has 0 aromatic carbocycles. The highest BCUT2D eigenvalue weighted by molar-refractivity contribution is 7.09. The molecular weight excluding hydrogens is 393 g/mol. The number of anilines is 1. The first-order valence-corrected chi connectivity index (χ1v) is 9.14. The lowest BCUT2D eigenvalue weighted by molar-refractivity contribution is -0.118. The number of nitrogens with zero attached hydrogens (tertiary/aromatic N) is 3. The van der Waals surface area contributed by atoms with Crippen LogP contribution in [0.4, 0.5) is 5.82 Å². The third kappa shape index (κ3) is 5.69. The minimum Gasteiger partial charge on any atom is -0.327 e. The van der Waals surface area contributed by atoms with E-state index in [1.54, 1.807) is 17.5 Å². The van der Waals surface area contributed by atoms with Crippen molar-refractivity contribution in [3.05, 3.63) is 34.7 Å². The van der Waals surface area contributed by atoms with E-state index in [9.17, 15) is 4.79 Å². The second-order valence-electron chi connectivity index (χ2n) is 7.10. The topological polar surface area (TPSA) is 76.2 Å². The van der Waals surface area contributed by atoms with Crippen molar-refractivity contribution in [2.45, 2.75) is 32.9 Å². The van der Waals surface area contributed by atoms with E-state index in [2.05, 4.69) is 35.2 Å². The molecule has 0 aliphatic carbocycles. The van der Waals surface area contributed by atoms with Gasteiger partial charge in [0.15, 0.2) is 0 Å². The Bertz CT molecular complexity index is 689. The summed E-state index contributed by atoms with van der Waals surface area (Å²) in [5.74, 6) is 0.732. The molecule has 3 N–H and O–H groups in total. The molecule has 0 spiro atoms. The number of nitrogens with two attached hydrogens (primary N) is 1. The maximum atomic E-state index is 12.4. The van der Waals surface area contributed by atoms with E-state index in [1.165, 1.54) is 4.88 Å². The second-order valence-corrected chi connectivity index (χ2v) is 8.13. The standard InChI is InChI=1S/C17H25N5OS.2ClH/c1-17(2)12-21(8-6-14(17)18)11-16(23)20-15-5-7-19-22(15)10-13-4-3-9-24-13;;/h3-5,7,9,14H,6,8,10-12,18H2,1-2H3,(H,20,23);2*1H. The molecule has 9 heteroatoms. The predicted octanol–water partition coefficient (Wildman–Crippen LogP) is 2.83. The largest absolute Gasteiger partial charge is 0.327 e. The van der Waals surface area contributed by atoms with Crippen LogP contribution in [-0.2, 0) is 11.3 Å². The Morgan fingerprint density at radius 2 is 2.19 bits per heavy atom. The molecule has 6 nitrogen and oxygen atoms in total. The first-order chi connectivity index (χ1) is 11.4. The number of piperidine rings is 1. The maximum absolute atomic E-state index is 12.4. The van der Waals surface area contributed by atoms with Crippen LogP contribution in [0.3, 0.4) is 0 Å². The highest BCUT2D eigenvalue weighted by atomic mass is 35.5. The van der Waals surface area contributed by atoms with Gasteiger partial charge < -0.3 is 11.1 Å². The van der Waals surface area contributed by atoms with Crippen molar-refractivity contribution in [2.75, 3.05) is 25.0 Å². The van der Waals surface area contributed by atoms with Gasteiger partial charge in [-0.15, -0.1) is 36.2 Å². The summed E-state index contributed by atoms with van der Waals surface area (Å²) in [5.41, 5.74) is 6.20. The van der Waals surface area contributed by atoms with Crippen molar-refractivity contribution in [2.24, 2.45) is 11.1 Å². The number of nitrogens with one attached hydrogen (secondary N) is 1. The third-order valence-corrected chi connectivity index (χ3v) is 5.49. The Hall–Kier alpha value is -1.12. The molecule has 1 amide bonds. The van der Waals surface area contributed by atoms with Crippen molar-refractivity contribution >= 4 is 47.9 Å². The number of aromatic nitrogens is 2. The van der Waals surface area contributed by atoms with Crippen LogP contribution in [0, 0.1) is 5.41 Å². The molecule has 0 bridgehead atoms. The number of carbonyl (C=O) groups is 1. The molecule has 1 atom stereocenters. The number of hydrogen-bond acceptors (Lipinski definition) is 5.